The van der Waals surface area contributed by atoms with E-state index in [9.17, 15) is 0 Å². The maximum absolute atomic E-state index is 9.09. The van der Waals surface area contributed by atoms with Crippen LogP contribution in [-0.4, -0.2) is 108 Å². The first-order chi connectivity index (χ1) is 4.00. The quantitative estimate of drug-likeness (QED) is 0.222. The monoisotopic (exact) mass is 452 g/mol. The summed E-state index contributed by atoms with van der Waals surface area (Å²) in [6.45, 7) is -4.17. The topological polar surface area (TPSA) is 135 Å². The Balaban J connectivity index is -0.0000000128. The normalized spacial score (nSPS) is 7.87. The molecule has 0 aromatic rings. The molecule has 0 bridgehead atoms. The third kappa shape index (κ3) is 263. The Morgan fingerprint density at radius 2 is 0.867 bits per heavy atom. The van der Waals surface area contributed by atoms with Gasteiger partial charge < -0.3 is 24.5 Å². The zero-order valence-corrected chi connectivity index (χ0v) is 11.4. The number of hydrogen-bond acceptors (Lipinski definition) is 2. The van der Waals surface area contributed by atoms with Crippen molar-refractivity contribution in [1.82, 2.24) is 0 Å². The molecular formula is H14CaCl3O7P3Sr. The molecule has 0 fully saturated rings. The van der Waals surface area contributed by atoms with E-state index < -0.39 is 14.8 Å². The molecule has 0 aliphatic heterocycles. The molecule has 0 heterocycles. The van der Waals surface area contributed by atoms with Crippen molar-refractivity contribution in [1.29, 1.82) is 0 Å². The molecular weight excluding hydrogens is 439 g/mol. The first-order valence-corrected chi connectivity index (χ1v) is 5.62. The van der Waals surface area contributed by atoms with Gasteiger partial charge in [-0.2, -0.15) is 9.90 Å². The van der Waals surface area contributed by atoms with E-state index in [1.54, 1.807) is 0 Å². The number of hydrogen-bond donors (Lipinski definition) is 5. The van der Waals surface area contributed by atoms with Crippen LogP contribution in [0.2, 0.25) is 0 Å². The van der Waals surface area contributed by atoms with Crippen LogP contribution in [0.25, 0.3) is 0 Å². The van der Waals surface area contributed by atoms with E-state index in [0.29, 0.717) is 0 Å². The van der Waals surface area contributed by atoms with Gasteiger partial charge in [-0.15, -0.1) is 24.8 Å². The van der Waals surface area contributed by atoms with Crippen molar-refractivity contribution in [2.24, 2.45) is 0 Å². The Morgan fingerprint density at radius 1 is 0.867 bits per heavy atom. The summed E-state index contributed by atoms with van der Waals surface area (Å²) in [6.07, 6.45) is 0. The van der Waals surface area contributed by atoms with E-state index in [4.69, 9.17) is 33.6 Å². The van der Waals surface area contributed by atoms with Crippen molar-refractivity contribution in [2.75, 3.05) is 0 Å². The van der Waals surface area contributed by atoms with Crippen molar-refractivity contribution in [3.8, 4) is 0 Å². The van der Waals surface area contributed by atoms with Crippen LogP contribution in [0.1, 0.15) is 0 Å². The Hall–Kier alpha value is 4.30. The van der Waals surface area contributed by atoms with E-state index in [2.05, 4.69) is 11.2 Å². The summed E-state index contributed by atoms with van der Waals surface area (Å²) in [5.41, 5.74) is 0. The molecule has 1 atom stereocenters. The third-order valence-corrected chi connectivity index (χ3v) is 0. The molecule has 0 spiro atoms. The molecule has 0 saturated carbocycles. The van der Waals surface area contributed by atoms with Crippen molar-refractivity contribution >= 4 is 144 Å². The molecule has 7 nitrogen and oxygen atoms in total. The zero-order valence-electron chi connectivity index (χ0n) is 5.85. The molecule has 0 aliphatic rings. The van der Waals surface area contributed by atoms with Crippen LogP contribution < -0.4 is 0 Å². The average Bonchev–Trinajstić information content (AvgIpc) is 1.12. The van der Waals surface area contributed by atoms with Crippen LogP contribution in [0.3, 0.4) is 0 Å². The van der Waals surface area contributed by atoms with Crippen LogP contribution >= 0.6 is 60.7 Å². The van der Waals surface area contributed by atoms with E-state index in [1.807, 2.05) is 0 Å². The first kappa shape index (κ1) is 42.7. The standard InChI is InChI=1S/Ca.ClH2O3P.2ClH.H3O4P.H3P.Sr.4H/c;1-5(2,3)4;;;1-5(2,3)4;;;;;;/h;(H2,2,3,4);2*1H;(H3,1,2,3,4);1H3;;;;;. The number of phosphoric acid groups is 1. The molecule has 96 valence electrons. The molecule has 0 aliphatic carbocycles. The summed E-state index contributed by atoms with van der Waals surface area (Å²) in [7, 11) is -4.64. The van der Waals surface area contributed by atoms with Gasteiger partial charge in [0.05, 0.1) is 0 Å². The fraction of sp³-hybridized carbons (Fsp3) is 0. The van der Waals surface area contributed by atoms with Gasteiger partial charge in [-0.25, -0.2) is 9.13 Å². The Kier molecular flexibility index (Phi) is 58.7. The summed E-state index contributed by atoms with van der Waals surface area (Å²) in [5, 5.41) is 0. The van der Waals surface area contributed by atoms with Crippen molar-refractivity contribution < 1.29 is 33.6 Å². The molecule has 15 heavy (non-hydrogen) atoms. The van der Waals surface area contributed by atoms with Crippen LogP contribution in [0.4, 0.5) is 0 Å². The van der Waals surface area contributed by atoms with Gasteiger partial charge in [-0.05, 0) is 0 Å². The summed E-state index contributed by atoms with van der Waals surface area (Å²) in [4.78, 5) is 36.4. The maximum atomic E-state index is 9.09. The first-order valence-electron chi connectivity index (χ1n) is 1.53. The molecule has 1 unspecified atom stereocenters. The third-order valence-electron chi connectivity index (χ3n) is 0. The molecule has 0 aromatic heterocycles. The van der Waals surface area contributed by atoms with Gasteiger partial charge in [0.25, 0.3) is 0 Å². The zero-order chi connectivity index (χ0) is 9.00. The van der Waals surface area contributed by atoms with Gasteiger partial charge >= 0.3 is 98.0 Å². The van der Waals surface area contributed by atoms with E-state index in [0.717, 1.165) is 0 Å². The Labute approximate surface area is 174 Å². The van der Waals surface area contributed by atoms with Gasteiger partial charge in [-0.3, -0.25) is 0 Å². The second-order valence-corrected chi connectivity index (χ2v) is 4.28. The average molecular weight is 453 g/mol. The van der Waals surface area contributed by atoms with Gasteiger partial charge in [0.2, 0.25) is 0 Å². The van der Waals surface area contributed by atoms with Crippen LogP contribution in [-0.2, 0) is 9.13 Å². The van der Waals surface area contributed by atoms with E-state index in [1.165, 1.54) is 0 Å². The molecule has 5 N–H and O–H groups in total. The van der Waals surface area contributed by atoms with Crippen molar-refractivity contribution in [3.05, 3.63) is 0 Å². The molecule has 0 saturated heterocycles. The van der Waals surface area contributed by atoms with Gasteiger partial charge in [0.15, 0.2) is 0 Å². The molecule has 15 heteroatoms. The predicted octanol–water partition coefficient (Wildman–Crippen LogP) is -1.54. The number of halogens is 3. The van der Waals surface area contributed by atoms with Gasteiger partial charge in [-0.1, -0.05) is 0 Å². The molecule has 0 radical (unpaired) electrons. The summed E-state index contributed by atoms with van der Waals surface area (Å²) < 4.78 is 18.0. The predicted molar refractivity (Wildman–Crippen MR) is 74.8 cm³/mol. The van der Waals surface area contributed by atoms with Crippen molar-refractivity contribution in [3.63, 3.8) is 0 Å². The minimum atomic E-state index is -4.64. The van der Waals surface area contributed by atoms with E-state index in [-0.39, 0.29) is 118 Å². The van der Waals surface area contributed by atoms with Crippen LogP contribution in [0.5, 0.6) is 0 Å². The minimum absolute atomic E-state index is 0. The summed E-state index contributed by atoms with van der Waals surface area (Å²) in [5.74, 6) is 0. The fourth-order valence-electron chi connectivity index (χ4n) is 0. The molecule has 0 amide bonds. The van der Waals surface area contributed by atoms with Crippen LogP contribution in [0.15, 0.2) is 0 Å². The van der Waals surface area contributed by atoms with Gasteiger partial charge in [0, 0.05) is 11.2 Å². The van der Waals surface area contributed by atoms with Crippen LogP contribution in [0, 0.1) is 0 Å². The fourth-order valence-corrected chi connectivity index (χ4v) is 0. The summed E-state index contributed by atoms with van der Waals surface area (Å²) in [6, 6.07) is 0. The molecule has 0 rings (SSSR count). The summed E-state index contributed by atoms with van der Waals surface area (Å²) >= 11 is 4.20. The van der Waals surface area contributed by atoms with E-state index >= 15 is 0 Å². The van der Waals surface area contributed by atoms with Crippen molar-refractivity contribution in [2.45, 2.75) is 0 Å². The second kappa shape index (κ2) is 20.6. The Morgan fingerprint density at radius 3 is 0.867 bits per heavy atom. The second-order valence-electron chi connectivity index (χ2n) is 0.986. The number of rotatable bonds is 0. The van der Waals surface area contributed by atoms with Gasteiger partial charge in [0.1, 0.15) is 0 Å². The SMILES string of the molecule is Cl.Cl.O=P(O)(O)Cl.O=P(O)(O)O.P.[CaH2].[SrH2]. The molecule has 0 aromatic carbocycles. The Bertz CT molecular complexity index is 142.